The fourth-order valence-electron chi connectivity index (χ4n) is 3.05. The standard InChI is InChI=1S/C20H24N2O4S2/c1-15-12-22(13-16(2)26-15)28(24,25)19-10-8-17(9-11-19)21-20(23)14-27-18-6-4-3-5-7-18/h3-11,15-16H,12-14H2,1-2H3,(H,21,23)/t15-,16-/m1/s1. The Balaban J connectivity index is 1.60. The Morgan fingerprint density at radius 3 is 2.29 bits per heavy atom. The largest absolute Gasteiger partial charge is 0.373 e. The van der Waals surface area contributed by atoms with Gasteiger partial charge in [-0.3, -0.25) is 4.79 Å². The first kappa shape index (κ1) is 20.9. The number of benzene rings is 2. The molecule has 6 nitrogen and oxygen atoms in total. The summed E-state index contributed by atoms with van der Waals surface area (Å²) in [5.41, 5.74) is 0.571. The minimum absolute atomic E-state index is 0.139. The molecule has 1 N–H and O–H groups in total. The fourth-order valence-corrected chi connectivity index (χ4v) is 5.36. The number of hydrogen-bond acceptors (Lipinski definition) is 5. The van der Waals surface area contributed by atoms with Crippen LogP contribution in [0.5, 0.6) is 0 Å². The molecule has 0 saturated carbocycles. The van der Waals surface area contributed by atoms with Crippen LogP contribution in [0, 0.1) is 0 Å². The normalized spacial score (nSPS) is 20.6. The van der Waals surface area contributed by atoms with E-state index in [9.17, 15) is 13.2 Å². The van der Waals surface area contributed by atoms with Gasteiger partial charge in [-0.25, -0.2) is 8.42 Å². The van der Waals surface area contributed by atoms with Gasteiger partial charge in [0.05, 0.1) is 22.9 Å². The molecule has 0 radical (unpaired) electrons. The lowest BCUT2D eigenvalue weighted by atomic mass is 10.3. The molecule has 8 heteroatoms. The van der Waals surface area contributed by atoms with Gasteiger partial charge in [-0.1, -0.05) is 18.2 Å². The highest BCUT2D eigenvalue weighted by Crippen LogP contribution is 2.23. The van der Waals surface area contributed by atoms with Gasteiger partial charge in [0, 0.05) is 23.7 Å². The van der Waals surface area contributed by atoms with E-state index in [1.165, 1.54) is 28.2 Å². The van der Waals surface area contributed by atoms with Crippen LogP contribution in [0.2, 0.25) is 0 Å². The van der Waals surface area contributed by atoms with Crippen LogP contribution in [0.15, 0.2) is 64.4 Å². The quantitative estimate of drug-likeness (QED) is 0.727. The van der Waals surface area contributed by atoms with Crippen molar-refractivity contribution < 1.29 is 17.9 Å². The van der Waals surface area contributed by atoms with Crippen molar-refractivity contribution in [3.8, 4) is 0 Å². The maximum atomic E-state index is 12.9. The fraction of sp³-hybridized carbons (Fsp3) is 0.350. The molecule has 1 heterocycles. The van der Waals surface area contributed by atoms with Crippen LogP contribution in [0.1, 0.15) is 13.8 Å². The van der Waals surface area contributed by atoms with Crippen molar-refractivity contribution in [2.45, 2.75) is 35.8 Å². The summed E-state index contributed by atoms with van der Waals surface area (Å²) in [6.45, 7) is 4.40. The third-order valence-corrected chi connectivity index (χ3v) is 7.13. The van der Waals surface area contributed by atoms with Crippen LogP contribution in [-0.4, -0.2) is 49.7 Å². The zero-order valence-corrected chi connectivity index (χ0v) is 17.5. The predicted molar refractivity (Wildman–Crippen MR) is 111 cm³/mol. The molecule has 1 fully saturated rings. The minimum atomic E-state index is -3.58. The van der Waals surface area contributed by atoms with E-state index in [0.29, 0.717) is 18.8 Å². The van der Waals surface area contributed by atoms with E-state index in [2.05, 4.69) is 5.32 Å². The van der Waals surface area contributed by atoms with Gasteiger partial charge in [-0.2, -0.15) is 4.31 Å². The number of nitrogens with zero attached hydrogens (tertiary/aromatic N) is 1. The summed E-state index contributed by atoms with van der Waals surface area (Å²) < 4.78 is 32.8. The molecule has 0 spiro atoms. The summed E-state index contributed by atoms with van der Waals surface area (Å²) in [5.74, 6) is 0.147. The van der Waals surface area contributed by atoms with Crippen molar-refractivity contribution in [3.63, 3.8) is 0 Å². The van der Waals surface area contributed by atoms with E-state index in [1.807, 2.05) is 44.2 Å². The molecule has 2 atom stereocenters. The molecule has 28 heavy (non-hydrogen) atoms. The van der Waals surface area contributed by atoms with Crippen LogP contribution in [0.3, 0.4) is 0 Å². The number of rotatable bonds is 6. The molecule has 0 aliphatic carbocycles. The highest BCUT2D eigenvalue weighted by Gasteiger charge is 2.32. The second kappa shape index (κ2) is 9.09. The second-order valence-corrected chi connectivity index (χ2v) is 9.74. The van der Waals surface area contributed by atoms with Gasteiger partial charge in [0.2, 0.25) is 15.9 Å². The third kappa shape index (κ3) is 5.35. The summed E-state index contributed by atoms with van der Waals surface area (Å²) in [6.07, 6.45) is -0.279. The van der Waals surface area contributed by atoms with Crippen LogP contribution in [-0.2, 0) is 19.6 Å². The van der Waals surface area contributed by atoms with Gasteiger partial charge in [0.1, 0.15) is 0 Å². The van der Waals surface area contributed by atoms with Gasteiger partial charge in [0.15, 0.2) is 0 Å². The maximum absolute atomic E-state index is 12.9. The smallest absolute Gasteiger partial charge is 0.243 e. The summed E-state index contributed by atoms with van der Waals surface area (Å²) in [4.78, 5) is 13.3. The summed E-state index contributed by atoms with van der Waals surface area (Å²) in [7, 11) is -3.58. The minimum Gasteiger partial charge on any atom is -0.373 e. The van der Waals surface area contributed by atoms with E-state index < -0.39 is 10.0 Å². The van der Waals surface area contributed by atoms with Crippen molar-refractivity contribution in [3.05, 3.63) is 54.6 Å². The van der Waals surface area contributed by atoms with Gasteiger partial charge in [-0.05, 0) is 50.2 Å². The van der Waals surface area contributed by atoms with Crippen molar-refractivity contribution in [1.29, 1.82) is 0 Å². The molecular formula is C20H24N2O4S2. The van der Waals surface area contributed by atoms with E-state index in [0.717, 1.165) is 4.90 Å². The zero-order chi connectivity index (χ0) is 20.1. The first-order chi connectivity index (χ1) is 13.3. The Kier molecular flexibility index (Phi) is 6.77. The van der Waals surface area contributed by atoms with Crippen LogP contribution in [0.25, 0.3) is 0 Å². The monoisotopic (exact) mass is 420 g/mol. The number of amides is 1. The van der Waals surface area contributed by atoms with Crippen LogP contribution >= 0.6 is 11.8 Å². The number of thioether (sulfide) groups is 1. The number of hydrogen-bond donors (Lipinski definition) is 1. The molecule has 0 bridgehead atoms. The lowest BCUT2D eigenvalue weighted by Gasteiger charge is -2.34. The highest BCUT2D eigenvalue weighted by molar-refractivity contribution is 8.00. The van der Waals surface area contributed by atoms with Crippen molar-refractivity contribution >= 4 is 33.4 Å². The molecular weight excluding hydrogens is 396 g/mol. The van der Waals surface area contributed by atoms with Gasteiger partial charge in [0.25, 0.3) is 0 Å². The van der Waals surface area contributed by atoms with Crippen LogP contribution < -0.4 is 5.32 Å². The van der Waals surface area contributed by atoms with Crippen molar-refractivity contribution in [2.75, 3.05) is 24.2 Å². The average molecular weight is 421 g/mol. The molecule has 1 aliphatic heterocycles. The van der Waals surface area contributed by atoms with E-state index >= 15 is 0 Å². The lowest BCUT2D eigenvalue weighted by Crippen LogP contribution is -2.48. The Labute approximate surface area is 170 Å². The number of carbonyl (C=O) groups is 1. The van der Waals surface area contributed by atoms with Gasteiger partial charge < -0.3 is 10.1 Å². The van der Waals surface area contributed by atoms with E-state index in [4.69, 9.17) is 4.74 Å². The number of carbonyl (C=O) groups excluding carboxylic acids is 1. The molecule has 0 unspecified atom stereocenters. The maximum Gasteiger partial charge on any atom is 0.243 e. The van der Waals surface area contributed by atoms with E-state index in [-0.39, 0.29) is 28.8 Å². The average Bonchev–Trinajstić information content (AvgIpc) is 2.67. The summed E-state index contributed by atoms with van der Waals surface area (Å²) in [5, 5.41) is 2.80. The lowest BCUT2D eigenvalue weighted by molar-refractivity contribution is -0.113. The zero-order valence-electron chi connectivity index (χ0n) is 15.9. The van der Waals surface area contributed by atoms with Gasteiger partial charge in [-0.15, -0.1) is 11.8 Å². The van der Waals surface area contributed by atoms with Crippen LogP contribution in [0.4, 0.5) is 5.69 Å². The molecule has 2 aromatic carbocycles. The number of anilines is 1. The molecule has 0 aromatic heterocycles. The molecule has 1 saturated heterocycles. The number of ether oxygens (including phenoxy) is 1. The number of sulfonamides is 1. The predicted octanol–water partition coefficient (Wildman–Crippen LogP) is 3.22. The Morgan fingerprint density at radius 2 is 1.68 bits per heavy atom. The molecule has 1 aliphatic rings. The third-order valence-electron chi connectivity index (χ3n) is 4.28. The Hall–Kier alpha value is -1.87. The first-order valence-corrected chi connectivity index (χ1v) is 11.5. The van der Waals surface area contributed by atoms with Crippen molar-refractivity contribution in [1.82, 2.24) is 4.31 Å². The number of morpholine rings is 1. The highest BCUT2D eigenvalue weighted by atomic mass is 32.2. The molecule has 1 amide bonds. The summed E-state index contributed by atoms with van der Waals surface area (Å²) in [6, 6.07) is 16.0. The Bertz CT molecular complexity index is 892. The van der Waals surface area contributed by atoms with Gasteiger partial charge >= 0.3 is 0 Å². The van der Waals surface area contributed by atoms with E-state index in [1.54, 1.807) is 12.1 Å². The molecule has 150 valence electrons. The molecule has 3 rings (SSSR count). The second-order valence-electron chi connectivity index (χ2n) is 6.75. The number of nitrogens with one attached hydrogen (secondary N) is 1. The Morgan fingerprint density at radius 1 is 1.07 bits per heavy atom. The molecule has 2 aromatic rings. The van der Waals surface area contributed by atoms with Crippen molar-refractivity contribution in [2.24, 2.45) is 0 Å². The topological polar surface area (TPSA) is 75.7 Å². The first-order valence-electron chi connectivity index (χ1n) is 9.08. The SMILES string of the molecule is C[C@@H]1CN(S(=O)(=O)c2ccc(NC(=O)CSc3ccccc3)cc2)C[C@@H](C)O1. The summed E-state index contributed by atoms with van der Waals surface area (Å²) >= 11 is 1.45.